The van der Waals surface area contributed by atoms with Crippen LogP contribution in [0.5, 0.6) is 0 Å². The molecule has 2 aromatic carbocycles. The van der Waals surface area contributed by atoms with Crippen molar-refractivity contribution in [3.05, 3.63) is 53.0 Å². The molecule has 158 valence electrons. The lowest BCUT2D eigenvalue weighted by molar-refractivity contribution is -0.122. The number of carbonyl (C=O) groups excluding carboxylic acids is 2. The molecule has 2 amide bonds. The first-order valence-corrected chi connectivity index (χ1v) is 11.3. The fraction of sp³-hybridized carbons (Fsp3) is 0.391. The van der Waals surface area contributed by atoms with Gasteiger partial charge in [0.15, 0.2) is 0 Å². The lowest BCUT2D eigenvalue weighted by atomic mass is 10.1. The van der Waals surface area contributed by atoms with Crippen LogP contribution in [0.1, 0.15) is 13.3 Å². The summed E-state index contributed by atoms with van der Waals surface area (Å²) >= 11 is 3.41. The number of halogens is 1. The molecule has 2 fully saturated rings. The van der Waals surface area contributed by atoms with E-state index in [2.05, 4.69) is 44.0 Å². The Kier molecular flexibility index (Phi) is 6.39. The molecule has 1 unspecified atom stereocenters. The molecular formula is C23H27BrN4O2. The minimum Gasteiger partial charge on any atom is -0.367 e. The summed E-state index contributed by atoms with van der Waals surface area (Å²) in [6.45, 7) is 7.60. The molecule has 0 bridgehead atoms. The highest BCUT2D eigenvalue weighted by Crippen LogP contribution is 2.30. The van der Waals surface area contributed by atoms with Gasteiger partial charge in [-0.3, -0.25) is 9.59 Å². The van der Waals surface area contributed by atoms with E-state index in [1.807, 2.05) is 42.5 Å². The van der Waals surface area contributed by atoms with Gasteiger partial charge in [0.05, 0.1) is 17.3 Å². The number of nitrogens with zero attached hydrogens (tertiary/aromatic N) is 3. The van der Waals surface area contributed by atoms with Crippen molar-refractivity contribution in [2.75, 3.05) is 54.4 Å². The molecule has 4 rings (SSSR count). The van der Waals surface area contributed by atoms with Crippen LogP contribution in [0.4, 0.5) is 17.1 Å². The third kappa shape index (κ3) is 4.52. The zero-order valence-electron chi connectivity index (χ0n) is 17.2. The van der Waals surface area contributed by atoms with Crippen LogP contribution in [0.15, 0.2) is 53.0 Å². The second kappa shape index (κ2) is 9.18. The summed E-state index contributed by atoms with van der Waals surface area (Å²) in [5, 5.41) is 3.10. The summed E-state index contributed by atoms with van der Waals surface area (Å²) in [5.74, 6) is -0.463. The lowest BCUT2D eigenvalue weighted by Crippen LogP contribution is -2.46. The molecule has 30 heavy (non-hydrogen) atoms. The van der Waals surface area contributed by atoms with E-state index in [4.69, 9.17) is 0 Å². The highest BCUT2D eigenvalue weighted by Gasteiger charge is 2.35. The van der Waals surface area contributed by atoms with Gasteiger partial charge < -0.3 is 20.0 Å². The van der Waals surface area contributed by atoms with Gasteiger partial charge in [0, 0.05) is 49.3 Å². The number of nitrogens with one attached hydrogen (secondary N) is 1. The maximum Gasteiger partial charge on any atom is 0.229 e. The Morgan fingerprint density at radius 1 is 1.07 bits per heavy atom. The van der Waals surface area contributed by atoms with Crippen molar-refractivity contribution in [1.82, 2.24) is 4.90 Å². The van der Waals surface area contributed by atoms with Crippen molar-refractivity contribution >= 4 is 44.8 Å². The van der Waals surface area contributed by atoms with E-state index in [-0.39, 0.29) is 24.2 Å². The van der Waals surface area contributed by atoms with Crippen molar-refractivity contribution in [3.8, 4) is 0 Å². The molecule has 1 N–H and O–H groups in total. The highest BCUT2D eigenvalue weighted by molar-refractivity contribution is 9.10. The lowest BCUT2D eigenvalue weighted by Gasteiger charge is -2.36. The smallest absolute Gasteiger partial charge is 0.229 e. The minimum atomic E-state index is -0.355. The van der Waals surface area contributed by atoms with Crippen molar-refractivity contribution in [3.63, 3.8) is 0 Å². The fourth-order valence-electron chi connectivity index (χ4n) is 4.15. The number of amides is 2. The Morgan fingerprint density at radius 3 is 2.47 bits per heavy atom. The summed E-state index contributed by atoms with van der Waals surface area (Å²) in [6, 6.07) is 15.6. The van der Waals surface area contributed by atoms with Crippen LogP contribution >= 0.6 is 15.9 Å². The van der Waals surface area contributed by atoms with Crippen molar-refractivity contribution in [2.24, 2.45) is 5.92 Å². The van der Waals surface area contributed by atoms with Gasteiger partial charge in [0.25, 0.3) is 0 Å². The number of para-hydroxylation sites is 2. The molecule has 0 saturated carbocycles. The standard InChI is InChI=1S/C23H27BrN4O2/c1-2-26-11-13-27(14-12-26)21-6-4-3-5-20(21)25-23(30)17-15-22(29)28(16-17)19-9-7-18(24)8-10-19/h3-10,17H,2,11-16H2,1H3,(H,25,30). The molecule has 0 aromatic heterocycles. The molecule has 2 aliphatic heterocycles. The predicted octanol–water partition coefficient (Wildman–Crippen LogP) is 3.58. The average Bonchev–Trinajstić information content (AvgIpc) is 3.16. The molecule has 1 atom stereocenters. The van der Waals surface area contributed by atoms with E-state index in [1.165, 1.54) is 0 Å². The van der Waals surface area contributed by atoms with Gasteiger partial charge in [-0.1, -0.05) is 35.0 Å². The maximum absolute atomic E-state index is 13.0. The first-order valence-electron chi connectivity index (χ1n) is 10.5. The SMILES string of the molecule is CCN1CCN(c2ccccc2NC(=O)C2CC(=O)N(c3ccc(Br)cc3)C2)CC1. The van der Waals surface area contributed by atoms with E-state index in [0.717, 1.165) is 54.3 Å². The monoisotopic (exact) mass is 470 g/mol. The number of hydrogen-bond acceptors (Lipinski definition) is 4. The molecule has 0 aliphatic carbocycles. The van der Waals surface area contributed by atoms with E-state index >= 15 is 0 Å². The van der Waals surface area contributed by atoms with Gasteiger partial charge in [-0.2, -0.15) is 0 Å². The van der Waals surface area contributed by atoms with Crippen molar-refractivity contribution in [2.45, 2.75) is 13.3 Å². The summed E-state index contributed by atoms with van der Waals surface area (Å²) in [5.41, 5.74) is 2.70. The van der Waals surface area contributed by atoms with Gasteiger partial charge in [0.1, 0.15) is 0 Å². The third-order valence-corrected chi connectivity index (χ3v) is 6.48. The molecule has 2 aliphatic rings. The summed E-state index contributed by atoms with van der Waals surface area (Å²) < 4.78 is 0.962. The van der Waals surface area contributed by atoms with Gasteiger partial charge in [0.2, 0.25) is 11.8 Å². The number of carbonyl (C=O) groups is 2. The Labute approximate surface area is 186 Å². The first kappa shape index (κ1) is 20.9. The zero-order chi connectivity index (χ0) is 21.1. The Morgan fingerprint density at radius 2 is 1.77 bits per heavy atom. The fourth-order valence-corrected chi connectivity index (χ4v) is 4.41. The van der Waals surface area contributed by atoms with Gasteiger partial charge in [-0.05, 0) is 42.9 Å². The van der Waals surface area contributed by atoms with Crippen LogP contribution in [0.2, 0.25) is 0 Å². The number of rotatable bonds is 5. The molecular weight excluding hydrogens is 444 g/mol. The maximum atomic E-state index is 13.0. The van der Waals surface area contributed by atoms with E-state index in [1.54, 1.807) is 4.90 Å². The molecule has 0 spiro atoms. The molecule has 6 nitrogen and oxygen atoms in total. The zero-order valence-corrected chi connectivity index (χ0v) is 18.8. The van der Waals surface area contributed by atoms with Crippen LogP contribution < -0.4 is 15.1 Å². The normalized spacial score (nSPS) is 19.9. The molecule has 7 heteroatoms. The minimum absolute atomic E-state index is 0.0126. The second-order valence-corrected chi connectivity index (χ2v) is 8.73. The number of hydrogen-bond donors (Lipinski definition) is 1. The van der Waals surface area contributed by atoms with E-state index in [0.29, 0.717) is 6.54 Å². The average molecular weight is 471 g/mol. The van der Waals surface area contributed by atoms with Gasteiger partial charge >= 0.3 is 0 Å². The van der Waals surface area contributed by atoms with Gasteiger partial charge in [-0.15, -0.1) is 0 Å². The van der Waals surface area contributed by atoms with Crippen molar-refractivity contribution in [1.29, 1.82) is 0 Å². The summed E-state index contributed by atoms with van der Waals surface area (Å²) in [7, 11) is 0. The number of likely N-dealkylation sites (N-methyl/N-ethyl adjacent to an activating group) is 1. The first-order chi connectivity index (χ1) is 14.5. The van der Waals surface area contributed by atoms with E-state index < -0.39 is 0 Å². The van der Waals surface area contributed by atoms with Gasteiger partial charge in [-0.25, -0.2) is 0 Å². The molecule has 2 heterocycles. The Balaban J connectivity index is 1.43. The highest BCUT2D eigenvalue weighted by atomic mass is 79.9. The summed E-state index contributed by atoms with van der Waals surface area (Å²) in [4.78, 5) is 32.0. The van der Waals surface area contributed by atoms with Crippen LogP contribution in [0, 0.1) is 5.92 Å². The van der Waals surface area contributed by atoms with Crippen LogP contribution in [-0.2, 0) is 9.59 Å². The number of anilines is 3. The quantitative estimate of drug-likeness (QED) is 0.725. The number of benzene rings is 2. The van der Waals surface area contributed by atoms with E-state index in [9.17, 15) is 9.59 Å². The third-order valence-electron chi connectivity index (χ3n) is 5.96. The Bertz CT molecular complexity index is 910. The Hall–Kier alpha value is -2.38. The topological polar surface area (TPSA) is 55.9 Å². The number of piperazine rings is 1. The van der Waals surface area contributed by atoms with Crippen molar-refractivity contribution < 1.29 is 9.59 Å². The summed E-state index contributed by atoms with van der Waals surface area (Å²) in [6.07, 6.45) is 0.235. The van der Waals surface area contributed by atoms with Crippen LogP contribution in [0.25, 0.3) is 0 Å². The molecule has 2 aromatic rings. The van der Waals surface area contributed by atoms with Crippen LogP contribution in [0.3, 0.4) is 0 Å². The predicted molar refractivity (Wildman–Crippen MR) is 124 cm³/mol. The largest absolute Gasteiger partial charge is 0.367 e. The molecule has 0 radical (unpaired) electrons. The second-order valence-electron chi connectivity index (χ2n) is 7.81. The van der Waals surface area contributed by atoms with Crippen LogP contribution in [-0.4, -0.2) is 56.0 Å². The molecule has 2 saturated heterocycles.